The van der Waals surface area contributed by atoms with E-state index in [1.54, 1.807) is 0 Å². The van der Waals surface area contributed by atoms with Crippen LogP contribution in [0.1, 0.15) is 38.6 Å². The van der Waals surface area contributed by atoms with E-state index in [-0.39, 0.29) is 5.91 Å². The van der Waals surface area contributed by atoms with Gasteiger partial charge in [-0.15, -0.1) is 0 Å². The van der Waals surface area contributed by atoms with Gasteiger partial charge in [0, 0.05) is 19.6 Å². The Morgan fingerprint density at radius 2 is 2.10 bits per heavy atom. The van der Waals surface area contributed by atoms with E-state index in [1.807, 2.05) is 23.6 Å². The lowest BCUT2D eigenvalue weighted by Gasteiger charge is -2.17. The zero-order chi connectivity index (χ0) is 15.1. The van der Waals surface area contributed by atoms with E-state index in [0.29, 0.717) is 13.1 Å². The molecule has 0 radical (unpaired) electrons. The van der Waals surface area contributed by atoms with Crippen LogP contribution in [0.5, 0.6) is 0 Å². The fraction of sp³-hybridized carbons (Fsp3) is 0.714. The van der Waals surface area contributed by atoms with Crippen molar-refractivity contribution < 1.29 is 4.79 Å². The first kappa shape index (κ1) is 17.2. The Kier molecular flexibility index (Phi) is 7.23. The van der Waals surface area contributed by atoms with E-state index >= 15 is 0 Å². The van der Waals surface area contributed by atoms with Crippen LogP contribution in [0.3, 0.4) is 0 Å². The molecule has 1 rings (SSSR count). The molecule has 0 fully saturated rings. The standard InChI is InChI=1S/C14H25BrN4O/c1-5-8-16-13(20)10-18(4)9-12-14(15)11(6-2)17-19(12)7-3/h5-10H2,1-4H3,(H,16,20). The monoisotopic (exact) mass is 344 g/mol. The minimum atomic E-state index is 0.0729. The molecule has 20 heavy (non-hydrogen) atoms. The van der Waals surface area contributed by atoms with Crippen molar-refractivity contribution >= 4 is 21.8 Å². The van der Waals surface area contributed by atoms with Gasteiger partial charge >= 0.3 is 0 Å². The van der Waals surface area contributed by atoms with Crippen LogP contribution in [0.2, 0.25) is 0 Å². The minimum Gasteiger partial charge on any atom is -0.355 e. The predicted molar refractivity (Wildman–Crippen MR) is 84.6 cm³/mol. The third kappa shape index (κ3) is 4.59. The highest BCUT2D eigenvalue weighted by molar-refractivity contribution is 9.10. The number of amides is 1. The molecule has 0 saturated carbocycles. The van der Waals surface area contributed by atoms with Crippen LogP contribution >= 0.6 is 15.9 Å². The third-order valence-corrected chi connectivity index (χ3v) is 4.01. The molecule has 0 aliphatic heterocycles. The van der Waals surface area contributed by atoms with Crippen molar-refractivity contribution in [3.8, 4) is 0 Å². The summed E-state index contributed by atoms with van der Waals surface area (Å²) in [5, 5.41) is 7.46. The van der Waals surface area contributed by atoms with E-state index in [4.69, 9.17) is 0 Å². The normalized spacial score (nSPS) is 11.1. The molecule has 1 N–H and O–H groups in total. The van der Waals surface area contributed by atoms with Gasteiger partial charge in [-0.3, -0.25) is 14.4 Å². The van der Waals surface area contributed by atoms with Crippen molar-refractivity contribution in [2.75, 3.05) is 20.1 Å². The Morgan fingerprint density at radius 1 is 1.40 bits per heavy atom. The molecule has 0 bridgehead atoms. The van der Waals surface area contributed by atoms with E-state index in [2.05, 4.69) is 40.2 Å². The first-order valence-electron chi connectivity index (χ1n) is 7.22. The Bertz CT molecular complexity index is 445. The fourth-order valence-corrected chi connectivity index (χ4v) is 2.74. The number of rotatable bonds is 8. The highest BCUT2D eigenvalue weighted by atomic mass is 79.9. The lowest BCUT2D eigenvalue weighted by molar-refractivity contribution is -0.122. The number of carbonyl (C=O) groups is 1. The van der Waals surface area contributed by atoms with Crippen molar-refractivity contribution in [3.63, 3.8) is 0 Å². The summed E-state index contributed by atoms with van der Waals surface area (Å²) >= 11 is 3.63. The van der Waals surface area contributed by atoms with Gasteiger partial charge < -0.3 is 5.32 Å². The maximum atomic E-state index is 11.7. The molecule has 0 atom stereocenters. The van der Waals surface area contributed by atoms with Crippen molar-refractivity contribution in [2.24, 2.45) is 0 Å². The average Bonchev–Trinajstić information content (AvgIpc) is 2.72. The van der Waals surface area contributed by atoms with Gasteiger partial charge in [0.2, 0.25) is 5.91 Å². The molecule has 6 heteroatoms. The number of likely N-dealkylation sites (N-methyl/N-ethyl adjacent to an activating group) is 1. The van der Waals surface area contributed by atoms with Crippen LogP contribution in [-0.4, -0.2) is 40.7 Å². The number of halogens is 1. The second kappa shape index (κ2) is 8.42. The molecule has 114 valence electrons. The van der Waals surface area contributed by atoms with Gasteiger partial charge in [-0.25, -0.2) is 0 Å². The van der Waals surface area contributed by atoms with Crippen LogP contribution in [0.4, 0.5) is 0 Å². The smallest absolute Gasteiger partial charge is 0.234 e. The van der Waals surface area contributed by atoms with Crippen LogP contribution in [0.15, 0.2) is 4.47 Å². The maximum absolute atomic E-state index is 11.7. The summed E-state index contributed by atoms with van der Waals surface area (Å²) in [5.74, 6) is 0.0729. The lowest BCUT2D eigenvalue weighted by atomic mass is 10.3. The summed E-state index contributed by atoms with van der Waals surface area (Å²) in [4.78, 5) is 13.7. The van der Waals surface area contributed by atoms with Crippen LogP contribution in [0, 0.1) is 0 Å². The zero-order valence-electron chi connectivity index (χ0n) is 12.9. The summed E-state index contributed by atoms with van der Waals surface area (Å²) in [6.07, 6.45) is 1.87. The number of carbonyl (C=O) groups excluding carboxylic acids is 1. The Hall–Kier alpha value is -0.880. The fourth-order valence-electron chi connectivity index (χ4n) is 2.05. The quantitative estimate of drug-likeness (QED) is 0.786. The van der Waals surface area contributed by atoms with E-state index < -0.39 is 0 Å². The third-order valence-electron chi connectivity index (χ3n) is 3.10. The molecule has 0 spiro atoms. The summed E-state index contributed by atoms with van der Waals surface area (Å²) in [5.41, 5.74) is 2.21. The molecule has 5 nitrogen and oxygen atoms in total. The van der Waals surface area contributed by atoms with Crippen LogP contribution in [-0.2, 0) is 24.3 Å². The van der Waals surface area contributed by atoms with Crippen LogP contribution < -0.4 is 5.32 Å². The molecule has 1 amide bonds. The van der Waals surface area contributed by atoms with Gasteiger partial charge in [0.1, 0.15) is 0 Å². The summed E-state index contributed by atoms with van der Waals surface area (Å²) in [6, 6.07) is 0. The summed E-state index contributed by atoms with van der Waals surface area (Å²) < 4.78 is 3.08. The molecule has 0 aromatic carbocycles. The van der Waals surface area contributed by atoms with Crippen molar-refractivity contribution in [1.29, 1.82) is 0 Å². The van der Waals surface area contributed by atoms with Gasteiger partial charge in [0.15, 0.2) is 0 Å². The number of aromatic nitrogens is 2. The van der Waals surface area contributed by atoms with Crippen LogP contribution in [0.25, 0.3) is 0 Å². The highest BCUT2D eigenvalue weighted by Gasteiger charge is 2.16. The molecular formula is C14H25BrN4O. The Balaban J connectivity index is 2.67. The van der Waals surface area contributed by atoms with E-state index in [1.165, 1.54) is 0 Å². The summed E-state index contributed by atoms with van der Waals surface area (Å²) in [6.45, 7) is 8.92. The molecular weight excluding hydrogens is 320 g/mol. The summed E-state index contributed by atoms with van der Waals surface area (Å²) in [7, 11) is 1.95. The lowest BCUT2D eigenvalue weighted by Crippen LogP contribution is -2.35. The van der Waals surface area contributed by atoms with Crippen molar-refractivity contribution in [3.05, 3.63) is 15.9 Å². The van der Waals surface area contributed by atoms with E-state index in [9.17, 15) is 4.79 Å². The largest absolute Gasteiger partial charge is 0.355 e. The minimum absolute atomic E-state index is 0.0729. The SMILES string of the molecule is CCCNC(=O)CN(C)Cc1c(Br)c(CC)nn1CC. The first-order valence-corrected chi connectivity index (χ1v) is 8.01. The number of hydrogen-bond donors (Lipinski definition) is 1. The Morgan fingerprint density at radius 3 is 2.65 bits per heavy atom. The number of aryl methyl sites for hydroxylation is 2. The molecule has 1 heterocycles. The predicted octanol–water partition coefficient (Wildman–Crippen LogP) is 2.19. The van der Waals surface area contributed by atoms with Crippen molar-refractivity contribution in [2.45, 2.75) is 46.7 Å². The molecule has 0 saturated heterocycles. The Labute approximate surface area is 129 Å². The maximum Gasteiger partial charge on any atom is 0.234 e. The second-order valence-corrected chi connectivity index (χ2v) is 5.69. The van der Waals surface area contributed by atoms with Gasteiger partial charge in [0.05, 0.1) is 22.4 Å². The van der Waals surface area contributed by atoms with E-state index in [0.717, 1.165) is 41.8 Å². The van der Waals surface area contributed by atoms with Gasteiger partial charge in [0.25, 0.3) is 0 Å². The molecule has 1 aromatic heterocycles. The number of nitrogens with one attached hydrogen (secondary N) is 1. The molecule has 0 aliphatic rings. The van der Waals surface area contributed by atoms with Gasteiger partial charge in [-0.2, -0.15) is 5.10 Å². The van der Waals surface area contributed by atoms with Gasteiger partial charge in [-0.1, -0.05) is 13.8 Å². The number of nitrogens with zero attached hydrogens (tertiary/aromatic N) is 3. The molecule has 1 aromatic rings. The van der Waals surface area contributed by atoms with Crippen molar-refractivity contribution in [1.82, 2.24) is 20.0 Å². The number of hydrogen-bond acceptors (Lipinski definition) is 3. The average molecular weight is 345 g/mol. The first-order chi connectivity index (χ1) is 9.53. The zero-order valence-corrected chi connectivity index (χ0v) is 14.5. The topological polar surface area (TPSA) is 50.2 Å². The molecule has 0 unspecified atom stereocenters. The highest BCUT2D eigenvalue weighted by Crippen LogP contribution is 2.23. The second-order valence-electron chi connectivity index (χ2n) is 4.90. The molecule has 0 aliphatic carbocycles. The van der Waals surface area contributed by atoms with Gasteiger partial charge in [-0.05, 0) is 42.7 Å².